The molecule has 1 atom stereocenters. The van der Waals surface area contributed by atoms with Gasteiger partial charge in [-0.15, -0.1) is 0 Å². The minimum atomic E-state index is -2.32. The number of carbonyl (C=O) groups is 2. The standard InChI is InChI=1S/C11H12BrFN2O3/c1-14-5-7(12)4-8(14)9(16)15-3-2-11(13,6-15)10(17)18/h4-5H,2-3,6H2,1H3,(H,17,18). The van der Waals surface area contributed by atoms with Crippen LogP contribution >= 0.6 is 15.9 Å². The van der Waals surface area contributed by atoms with Crippen LogP contribution in [-0.4, -0.2) is 45.2 Å². The summed E-state index contributed by atoms with van der Waals surface area (Å²) in [7, 11) is 1.70. The zero-order chi connectivity index (χ0) is 13.5. The molecule has 98 valence electrons. The van der Waals surface area contributed by atoms with Gasteiger partial charge in [-0.25, -0.2) is 9.18 Å². The van der Waals surface area contributed by atoms with Crippen LogP contribution in [0.5, 0.6) is 0 Å². The topological polar surface area (TPSA) is 62.5 Å². The Morgan fingerprint density at radius 2 is 2.22 bits per heavy atom. The van der Waals surface area contributed by atoms with E-state index in [9.17, 15) is 14.0 Å². The highest BCUT2D eigenvalue weighted by Crippen LogP contribution is 2.27. The summed E-state index contributed by atoms with van der Waals surface area (Å²) >= 11 is 3.25. The fraction of sp³-hybridized carbons (Fsp3) is 0.455. The molecule has 1 aliphatic rings. The molecule has 0 spiro atoms. The molecule has 1 unspecified atom stereocenters. The van der Waals surface area contributed by atoms with Gasteiger partial charge in [-0.2, -0.15) is 0 Å². The van der Waals surface area contributed by atoms with Crippen molar-refractivity contribution in [2.24, 2.45) is 7.05 Å². The van der Waals surface area contributed by atoms with Crippen LogP contribution in [0.2, 0.25) is 0 Å². The number of nitrogens with zero attached hydrogens (tertiary/aromatic N) is 2. The molecule has 0 bridgehead atoms. The van der Waals surface area contributed by atoms with E-state index < -0.39 is 18.2 Å². The molecule has 1 amide bonds. The zero-order valence-electron chi connectivity index (χ0n) is 9.69. The highest BCUT2D eigenvalue weighted by Gasteiger charge is 2.47. The highest BCUT2D eigenvalue weighted by molar-refractivity contribution is 9.10. The molecular formula is C11H12BrFN2O3. The van der Waals surface area contributed by atoms with E-state index in [0.717, 1.165) is 4.47 Å². The number of alkyl halides is 1. The number of hydrogen-bond acceptors (Lipinski definition) is 2. The Labute approximate surface area is 111 Å². The number of amides is 1. The van der Waals surface area contributed by atoms with Crippen LogP contribution in [0.1, 0.15) is 16.9 Å². The van der Waals surface area contributed by atoms with Crippen molar-refractivity contribution >= 4 is 27.8 Å². The summed E-state index contributed by atoms with van der Waals surface area (Å²) < 4.78 is 16.2. The van der Waals surface area contributed by atoms with E-state index in [1.165, 1.54) is 4.90 Å². The normalized spacial score (nSPS) is 23.4. The fourth-order valence-electron chi connectivity index (χ4n) is 2.02. The van der Waals surface area contributed by atoms with Crippen LogP contribution in [0.3, 0.4) is 0 Å². The molecule has 0 aliphatic carbocycles. The van der Waals surface area contributed by atoms with Gasteiger partial charge in [0.25, 0.3) is 5.91 Å². The molecule has 0 aromatic carbocycles. The van der Waals surface area contributed by atoms with E-state index in [1.54, 1.807) is 23.9 Å². The van der Waals surface area contributed by atoms with Crippen molar-refractivity contribution < 1.29 is 19.1 Å². The summed E-state index contributed by atoms with van der Waals surface area (Å²) in [6, 6.07) is 1.63. The molecular weight excluding hydrogens is 307 g/mol. The maximum atomic E-state index is 13.9. The average molecular weight is 319 g/mol. The third-order valence-electron chi connectivity index (χ3n) is 3.08. The number of likely N-dealkylation sites (tertiary alicyclic amines) is 1. The van der Waals surface area contributed by atoms with Crippen molar-refractivity contribution in [3.8, 4) is 0 Å². The van der Waals surface area contributed by atoms with Gasteiger partial charge in [0.1, 0.15) is 5.69 Å². The van der Waals surface area contributed by atoms with E-state index in [2.05, 4.69) is 15.9 Å². The Bertz CT molecular complexity index is 516. The van der Waals surface area contributed by atoms with Crippen molar-refractivity contribution in [3.63, 3.8) is 0 Å². The van der Waals surface area contributed by atoms with Gasteiger partial charge in [0.05, 0.1) is 6.54 Å². The van der Waals surface area contributed by atoms with Crippen molar-refractivity contribution in [1.82, 2.24) is 9.47 Å². The maximum Gasteiger partial charge on any atom is 0.343 e. The summed E-state index contributed by atoms with van der Waals surface area (Å²) in [5, 5.41) is 8.78. The monoisotopic (exact) mass is 318 g/mol. The molecule has 1 fully saturated rings. The number of carboxylic acid groups (broad SMARTS) is 1. The van der Waals surface area contributed by atoms with E-state index in [-0.39, 0.29) is 18.9 Å². The van der Waals surface area contributed by atoms with Gasteiger partial charge in [0, 0.05) is 30.7 Å². The van der Waals surface area contributed by atoms with Gasteiger partial charge in [-0.1, -0.05) is 0 Å². The van der Waals surface area contributed by atoms with E-state index in [0.29, 0.717) is 5.69 Å². The van der Waals surface area contributed by atoms with Gasteiger partial charge in [-0.05, 0) is 22.0 Å². The summed E-state index contributed by atoms with van der Waals surface area (Å²) in [4.78, 5) is 24.1. The van der Waals surface area contributed by atoms with Crippen molar-refractivity contribution in [2.75, 3.05) is 13.1 Å². The second-order valence-corrected chi connectivity index (χ2v) is 5.32. The predicted octanol–water partition coefficient (Wildman–Crippen LogP) is 1.43. The summed E-state index contributed by atoms with van der Waals surface area (Å²) in [6.45, 7) is -0.283. The minimum absolute atomic E-state index is 0.116. The zero-order valence-corrected chi connectivity index (χ0v) is 11.3. The number of carbonyl (C=O) groups excluding carboxylic acids is 1. The molecule has 0 saturated carbocycles. The minimum Gasteiger partial charge on any atom is -0.479 e. The van der Waals surface area contributed by atoms with Gasteiger partial charge < -0.3 is 14.6 Å². The third-order valence-corrected chi connectivity index (χ3v) is 3.51. The first-order valence-electron chi connectivity index (χ1n) is 5.37. The number of halogens is 2. The first kappa shape index (κ1) is 13.1. The van der Waals surface area contributed by atoms with Gasteiger partial charge in [0.15, 0.2) is 0 Å². The number of rotatable bonds is 2. The van der Waals surface area contributed by atoms with Crippen LogP contribution in [0.4, 0.5) is 4.39 Å². The SMILES string of the molecule is Cn1cc(Br)cc1C(=O)N1CCC(F)(C(=O)O)C1. The lowest BCUT2D eigenvalue weighted by atomic mass is 10.1. The first-order chi connectivity index (χ1) is 8.33. The maximum absolute atomic E-state index is 13.9. The quantitative estimate of drug-likeness (QED) is 0.897. The Balaban J connectivity index is 2.18. The van der Waals surface area contributed by atoms with Crippen molar-refractivity contribution in [1.29, 1.82) is 0 Å². The van der Waals surface area contributed by atoms with Gasteiger partial charge in [-0.3, -0.25) is 4.79 Å². The molecule has 1 aromatic heterocycles. The first-order valence-corrected chi connectivity index (χ1v) is 6.16. The molecule has 1 saturated heterocycles. The van der Waals surface area contributed by atoms with Crippen LogP contribution in [-0.2, 0) is 11.8 Å². The van der Waals surface area contributed by atoms with E-state index >= 15 is 0 Å². The number of aryl methyl sites for hydroxylation is 1. The molecule has 2 rings (SSSR count). The molecule has 5 nitrogen and oxygen atoms in total. The molecule has 1 aromatic rings. The highest BCUT2D eigenvalue weighted by atomic mass is 79.9. The summed E-state index contributed by atoms with van der Waals surface area (Å²) in [5.74, 6) is -1.87. The smallest absolute Gasteiger partial charge is 0.343 e. The average Bonchev–Trinajstić information content (AvgIpc) is 2.82. The fourth-order valence-corrected chi connectivity index (χ4v) is 2.54. The van der Waals surface area contributed by atoms with Gasteiger partial charge in [0.2, 0.25) is 5.67 Å². The van der Waals surface area contributed by atoms with Crippen molar-refractivity contribution in [3.05, 3.63) is 22.4 Å². The summed E-state index contributed by atoms with van der Waals surface area (Å²) in [5.41, 5.74) is -1.92. The molecule has 7 heteroatoms. The van der Waals surface area contributed by atoms with Crippen LogP contribution in [0, 0.1) is 0 Å². The molecule has 0 radical (unpaired) electrons. The third kappa shape index (κ3) is 2.14. The number of aromatic nitrogens is 1. The van der Waals surface area contributed by atoms with Crippen LogP contribution in [0.15, 0.2) is 16.7 Å². The lowest BCUT2D eigenvalue weighted by molar-refractivity contribution is -0.149. The number of hydrogen-bond donors (Lipinski definition) is 1. The molecule has 1 N–H and O–H groups in total. The molecule has 2 heterocycles. The number of carboxylic acids is 1. The summed E-state index contributed by atoms with van der Waals surface area (Å²) in [6.07, 6.45) is 1.54. The Morgan fingerprint density at radius 3 is 2.67 bits per heavy atom. The van der Waals surface area contributed by atoms with E-state index in [1.807, 2.05) is 0 Å². The second kappa shape index (κ2) is 4.38. The molecule has 1 aliphatic heterocycles. The largest absolute Gasteiger partial charge is 0.479 e. The van der Waals surface area contributed by atoms with Gasteiger partial charge >= 0.3 is 5.97 Å². The Hall–Kier alpha value is -1.37. The lowest BCUT2D eigenvalue weighted by Gasteiger charge is -2.17. The second-order valence-electron chi connectivity index (χ2n) is 4.40. The van der Waals surface area contributed by atoms with Crippen LogP contribution < -0.4 is 0 Å². The molecule has 18 heavy (non-hydrogen) atoms. The lowest BCUT2D eigenvalue weighted by Crippen LogP contribution is -2.39. The Morgan fingerprint density at radius 1 is 1.56 bits per heavy atom. The van der Waals surface area contributed by atoms with Crippen molar-refractivity contribution in [2.45, 2.75) is 12.1 Å². The Kier molecular flexibility index (Phi) is 3.18. The van der Waals surface area contributed by atoms with E-state index in [4.69, 9.17) is 5.11 Å². The predicted molar refractivity (Wildman–Crippen MR) is 65.1 cm³/mol. The van der Waals surface area contributed by atoms with Crippen LogP contribution in [0.25, 0.3) is 0 Å². The number of aliphatic carboxylic acids is 1.